The van der Waals surface area contributed by atoms with Gasteiger partial charge in [-0.25, -0.2) is 4.98 Å². The maximum Gasteiger partial charge on any atom is 0.270 e. The van der Waals surface area contributed by atoms with Crippen molar-refractivity contribution in [2.75, 3.05) is 5.75 Å². The molecule has 0 aliphatic carbocycles. The predicted octanol–water partition coefficient (Wildman–Crippen LogP) is 5.75. The number of nitrogens with zero attached hydrogens (tertiary/aromatic N) is 2. The summed E-state index contributed by atoms with van der Waals surface area (Å²) in [6, 6.07) is 19.4. The molecule has 2 heterocycles. The number of pyridine rings is 1. The molecule has 0 fully saturated rings. The fourth-order valence-corrected chi connectivity index (χ4v) is 4.95. The summed E-state index contributed by atoms with van der Waals surface area (Å²) in [5, 5.41) is 14.9. The molecule has 0 saturated carbocycles. The van der Waals surface area contributed by atoms with E-state index in [9.17, 15) is 10.1 Å². The van der Waals surface area contributed by atoms with E-state index in [0.717, 1.165) is 34.7 Å². The molecular weight excluding hydrogens is 356 g/mol. The predicted molar refractivity (Wildman–Crippen MR) is 111 cm³/mol. The molecule has 0 N–H and O–H groups in total. The van der Waals surface area contributed by atoms with Crippen LogP contribution in [0.1, 0.15) is 11.1 Å². The summed E-state index contributed by atoms with van der Waals surface area (Å²) in [5.41, 5.74) is 5.32. The van der Waals surface area contributed by atoms with Gasteiger partial charge in [-0.15, -0.1) is 0 Å². The fraction of sp³-hybridized carbons (Fsp3) is 0.136. The molecule has 0 atom stereocenters. The molecule has 0 unspecified atom stereocenters. The minimum Gasteiger partial charge on any atom is -0.258 e. The van der Waals surface area contributed by atoms with Crippen LogP contribution in [0.5, 0.6) is 0 Å². The van der Waals surface area contributed by atoms with Crippen LogP contribution in [-0.2, 0) is 12.2 Å². The number of thioether (sulfide) groups is 1. The van der Waals surface area contributed by atoms with E-state index in [0.29, 0.717) is 0 Å². The average molecular weight is 372 g/mol. The molecule has 1 aliphatic rings. The van der Waals surface area contributed by atoms with Crippen LogP contribution in [0.3, 0.4) is 0 Å². The minimum atomic E-state index is -0.348. The first-order valence-corrected chi connectivity index (χ1v) is 10.0. The van der Waals surface area contributed by atoms with E-state index < -0.39 is 0 Å². The summed E-state index contributed by atoms with van der Waals surface area (Å²) in [4.78, 5) is 15.8. The van der Waals surface area contributed by atoms with E-state index in [1.165, 1.54) is 33.4 Å². The van der Waals surface area contributed by atoms with Crippen molar-refractivity contribution in [3.63, 3.8) is 0 Å². The van der Waals surface area contributed by atoms with Gasteiger partial charge >= 0.3 is 0 Å². The van der Waals surface area contributed by atoms with Crippen LogP contribution in [0.2, 0.25) is 0 Å². The Balaban J connectivity index is 1.86. The second-order valence-electron chi connectivity index (χ2n) is 6.71. The van der Waals surface area contributed by atoms with Gasteiger partial charge < -0.3 is 0 Å². The number of benzene rings is 3. The molecule has 1 aliphatic heterocycles. The number of non-ortho nitro benzene ring substituents is 1. The van der Waals surface area contributed by atoms with Crippen LogP contribution in [0.25, 0.3) is 32.9 Å². The van der Waals surface area contributed by atoms with Crippen molar-refractivity contribution in [2.45, 2.75) is 12.2 Å². The normalized spacial score (nSPS) is 13.6. The number of aromatic nitrogens is 1. The molecule has 132 valence electrons. The highest BCUT2D eigenvalue weighted by Crippen LogP contribution is 2.39. The highest BCUT2D eigenvalue weighted by Gasteiger charge is 2.21. The van der Waals surface area contributed by atoms with Gasteiger partial charge in [0.1, 0.15) is 0 Å². The van der Waals surface area contributed by atoms with E-state index in [1.54, 1.807) is 12.1 Å². The summed E-state index contributed by atoms with van der Waals surface area (Å²) >= 11 is 1.90. The monoisotopic (exact) mass is 372 g/mol. The zero-order valence-electron chi connectivity index (χ0n) is 14.5. The smallest absolute Gasteiger partial charge is 0.258 e. The largest absolute Gasteiger partial charge is 0.270 e. The Morgan fingerprint density at radius 1 is 1.00 bits per heavy atom. The number of hydrogen-bond acceptors (Lipinski definition) is 4. The zero-order chi connectivity index (χ0) is 18.4. The lowest BCUT2D eigenvalue weighted by Crippen LogP contribution is -2.07. The number of rotatable bonds is 2. The molecule has 5 rings (SSSR count). The SMILES string of the molecule is O=[N+]([O-])c1cccc(-c2nc3ccc4ccccc4c3c3c2CSCC3)c1. The number of hydrogen-bond donors (Lipinski definition) is 0. The summed E-state index contributed by atoms with van der Waals surface area (Å²) < 4.78 is 0. The lowest BCUT2D eigenvalue weighted by molar-refractivity contribution is -0.384. The van der Waals surface area contributed by atoms with Crippen molar-refractivity contribution in [3.05, 3.63) is 81.9 Å². The molecule has 5 heteroatoms. The van der Waals surface area contributed by atoms with Crippen molar-refractivity contribution in [1.29, 1.82) is 0 Å². The third-order valence-corrected chi connectivity index (χ3v) is 6.15. The van der Waals surface area contributed by atoms with Crippen LogP contribution < -0.4 is 0 Å². The quantitative estimate of drug-likeness (QED) is 0.255. The topological polar surface area (TPSA) is 56.0 Å². The number of fused-ring (bicyclic) bond motifs is 5. The number of nitro benzene ring substituents is 1. The Hall–Kier alpha value is -2.92. The van der Waals surface area contributed by atoms with Crippen molar-refractivity contribution in [1.82, 2.24) is 4.98 Å². The Bertz CT molecular complexity index is 1220. The first kappa shape index (κ1) is 16.3. The van der Waals surface area contributed by atoms with Gasteiger partial charge in [-0.1, -0.05) is 42.5 Å². The lowest BCUT2D eigenvalue weighted by atomic mass is 9.92. The molecule has 0 spiro atoms. The van der Waals surface area contributed by atoms with Crippen LogP contribution in [0, 0.1) is 10.1 Å². The third-order valence-electron chi connectivity index (χ3n) is 5.16. The summed E-state index contributed by atoms with van der Waals surface area (Å²) in [7, 11) is 0. The second kappa shape index (κ2) is 6.35. The Morgan fingerprint density at radius 2 is 1.89 bits per heavy atom. The summed E-state index contributed by atoms with van der Waals surface area (Å²) in [6.45, 7) is 0. The van der Waals surface area contributed by atoms with Gasteiger partial charge in [-0.2, -0.15) is 11.8 Å². The molecule has 4 aromatic rings. The summed E-state index contributed by atoms with van der Waals surface area (Å²) in [5.74, 6) is 1.98. The summed E-state index contributed by atoms with van der Waals surface area (Å²) in [6.07, 6.45) is 0.995. The van der Waals surface area contributed by atoms with Gasteiger partial charge in [0.2, 0.25) is 0 Å². The van der Waals surface area contributed by atoms with E-state index in [2.05, 4.69) is 36.4 Å². The van der Waals surface area contributed by atoms with Crippen molar-refractivity contribution in [3.8, 4) is 11.3 Å². The van der Waals surface area contributed by atoms with Crippen LogP contribution in [0.4, 0.5) is 5.69 Å². The van der Waals surface area contributed by atoms with Gasteiger partial charge in [0.15, 0.2) is 0 Å². The Labute approximate surface area is 160 Å². The molecule has 0 radical (unpaired) electrons. The molecular formula is C22H16N2O2S. The van der Waals surface area contributed by atoms with Crippen molar-refractivity contribution in [2.24, 2.45) is 0 Å². The van der Waals surface area contributed by atoms with Crippen LogP contribution in [-0.4, -0.2) is 15.7 Å². The van der Waals surface area contributed by atoms with Crippen molar-refractivity contribution >= 4 is 39.1 Å². The molecule has 0 saturated heterocycles. The minimum absolute atomic E-state index is 0.102. The Morgan fingerprint density at radius 3 is 2.78 bits per heavy atom. The molecule has 0 amide bonds. The second-order valence-corrected chi connectivity index (χ2v) is 7.81. The average Bonchev–Trinajstić information content (AvgIpc) is 2.72. The van der Waals surface area contributed by atoms with Gasteiger partial charge in [0, 0.05) is 28.8 Å². The zero-order valence-corrected chi connectivity index (χ0v) is 15.3. The van der Waals surface area contributed by atoms with E-state index >= 15 is 0 Å². The molecule has 27 heavy (non-hydrogen) atoms. The number of nitro groups is 1. The highest BCUT2D eigenvalue weighted by atomic mass is 32.2. The van der Waals surface area contributed by atoms with Crippen molar-refractivity contribution < 1.29 is 4.92 Å². The Kier molecular flexibility index (Phi) is 3.83. The standard InChI is InChI=1S/C22H16N2O2S/c25-24(26)16-6-3-5-15(12-16)22-19-13-27-11-10-18(19)21-17-7-2-1-4-14(17)8-9-20(21)23-22/h1-9,12H,10-11,13H2. The fourth-order valence-electron chi connectivity index (χ4n) is 3.94. The maximum absolute atomic E-state index is 11.2. The van der Waals surface area contributed by atoms with E-state index in [-0.39, 0.29) is 10.6 Å². The van der Waals surface area contributed by atoms with E-state index in [1.807, 2.05) is 17.8 Å². The van der Waals surface area contributed by atoms with Gasteiger partial charge in [0.25, 0.3) is 5.69 Å². The third kappa shape index (κ3) is 2.66. The molecule has 0 bridgehead atoms. The highest BCUT2D eigenvalue weighted by molar-refractivity contribution is 7.98. The molecule has 3 aromatic carbocycles. The van der Waals surface area contributed by atoms with Gasteiger partial charge in [0.05, 0.1) is 16.1 Å². The first-order valence-electron chi connectivity index (χ1n) is 8.88. The first-order chi connectivity index (χ1) is 13.2. The number of aryl methyl sites for hydroxylation is 1. The molecule has 1 aromatic heterocycles. The maximum atomic E-state index is 11.2. The van der Waals surface area contributed by atoms with Crippen LogP contribution >= 0.6 is 11.8 Å². The van der Waals surface area contributed by atoms with Gasteiger partial charge in [-0.05, 0) is 40.1 Å². The molecule has 4 nitrogen and oxygen atoms in total. The van der Waals surface area contributed by atoms with E-state index in [4.69, 9.17) is 4.98 Å². The van der Waals surface area contributed by atoms with Crippen LogP contribution in [0.15, 0.2) is 60.7 Å². The van der Waals surface area contributed by atoms with Gasteiger partial charge in [-0.3, -0.25) is 10.1 Å². The lowest BCUT2D eigenvalue weighted by Gasteiger charge is -2.22.